The zero-order valence-electron chi connectivity index (χ0n) is 12.8. The SMILES string of the molecule is CCC(C)(C)c1ccc(C(N)C(C)C(C)C)cc1. The van der Waals surface area contributed by atoms with Crippen molar-refractivity contribution in [3.05, 3.63) is 35.4 Å². The molecule has 2 unspecified atom stereocenters. The molecule has 18 heavy (non-hydrogen) atoms. The van der Waals surface area contributed by atoms with E-state index in [0.717, 1.165) is 6.42 Å². The van der Waals surface area contributed by atoms with Crippen LogP contribution >= 0.6 is 0 Å². The molecule has 0 aromatic heterocycles. The lowest BCUT2D eigenvalue weighted by Gasteiger charge is -2.26. The van der Waals surface area contributed by atoms with E-state index in [2.05, 4.69) is 65.8 Å². The van der Waals surface area contributed by atoms with Crippen molar-refractivity contribution >= 4 is 0 Å². The topological polar surface area (TPSA) is 26.0 Å². The van der Waals surface area contributed by atoms with Gasteiger partial charge in [0.1, 0.15) is 0 Å². The van der Waals surface area contributed by atoms with Crippen LogP contribution in [0.15, 0.2) is 24.3 Å². The molecule has 0 saturated carbocycles. The monoisotopic (exact) mass is 247 g/mol. The molecule has 0 bridgehead atoms. The molecule has 1 nitrogen and oxygen atoms in total. The molecule has 1 rings (SSSR count). The maximum Gasteiger partial charge on any atom is 0.0323 e. The Morgan fingerprint density at radius 3 is 1.94 bits per heavy atom. The van der Waals surface area contributed by atoms with Crippen molar-refractivity contribution in [3.8, 4) is 0 Å². The maximum atomic E-state index is 6.33. The van der Waals surface area contributed by atoms with E-state index in [1.54, 1.807) is 0 Å². The summed E-state index contributed by atoms with van der Waals surface area (Å²) in [6.45, 7) is 13.5. The summed E-state index contributed by atoms with van der Waals surface area (Å²) < 4.78 is 0. The van der Waals surface area contributed by atoms with Crippen LogP contribution in [0.2, 0.25) is 0 Å². The number of hydrogen-bond donors (Lipinski definition) is 1. The van der Waals surface area contributed by atoms with E-state index >= 15 is 0 Å². The van der Waals surface area contributed by atoms with Crippen LogP contribution in [0, 0.1) is 11.8 Å². The van der Waals surface area contributed by atoms with E-state index in [1.807, 2.05) is 0 Å². The Morgan fingerprint density at radius 2 is 1.56 bits per heavy atom. The second kappa shape index (κ2) is 5.88. The number of benzene rings is 1. The molecule has 1 aromatic rings. The van der Waals surface area contributed by atoms with Gasteiger partial charge in [-0.3, -0.25) is 0 Å². The Bertz CT molecular complexity index is 362. The highest BCUT2D eigenvalue weighted by Gasteiger charge is 2.20. The molecule has 0 aliphatic heterocycles. The Kier molecular flexibility index (Phi) is 4.98. The molecule has 0 radical (unpaired) electrons. The largest absolute Gasteiger partial charge is 0.324 e. The molecule has 1 aromatic carbocycles. The average Bonchev–Trinajstić information content (AvgIpc) is 2.37. The Balaban J connectivity index is 2.89. The van der Waals surface area contributed by atoms with Gasteiger partial charge in [0, 0.05) is 6.04 Å². The molecule has 0 aliphatic rings. The molecule has 0 spiro atoms. The summed E-state index contributed by atoms with van der Waals surface area (Å²) in [5, 5.41) is 0. The molecule has 0 amide bonds. The van der Waals surface area contributed by atoms with Crippen LogP contribution in [0.25, 0.3) is 0 Å². The van der Waals surface area contributed by atoms with Crippen LogP contribution in [0.4, 0.5) is 0 Å². The third-order valence-electron chi connectivity index (χ3n) is 4.58. The molecular formula is C17H29N. The molecule has 0 fully saturated rings. The van der Waals surface area contributed by atoms with E-state index in [4.69, 9.17) is 5.73 Å². The van der Waals surface area contributed by atoms with Gasteiger partial charge < -0.3 is 5.73 Å². The van der Waals surface area contributed by atoms with Crippen molar-refractivity contribution in [3.63, 3.8) is 0 Å². The molecule has 0 saturated heterocycles. The van der Waals surface area contributed by atoms with Gasteiger partial charge in [-0.25, -0.2) is 0 Å². The second-order valence-electron chi connectivity index (χ2n) is 6.49. The molecule has 0 aliphatic carbocycles. The Morgan fingerprint density at radius 1 is 1.06 bits per heavy atom. The van der Waals surface area contributed by atoms with Crippen molar-refractivity contribution < 1.29 is 0 Å². The van der Waals surface area contributed by atoms with Crippen LogP contribution in [0.1, 0.15) is 65.1 Å². The summed E-state index contributed by atoms with van der Waals surface area (Å²) in [6.07, 6.45) is 1.15. The first-order chi connectivity index (χ1) is 8.29. The minimum Gasteiger partial charge on any atom is -0.324 e. The smallest absolute Gasteiger partial charge is 0.0323 e. The van der Waals surface area contributed by atoms with Crippen LogP contribution in [0.5, 0.6) is 0 Å². The second-order valence-corrected chi connectivity index (χ2v) is 6.49. The normalized spacial score (nSPS) is 15.8. The molecule has 102 valence electrons. The van der Waals surface area contributed by atoms with E-state index in [9.17, 15) is 0 Å². The van der Waals surface area contributed by atoms with Gasteiger partial charge in [0.05, 0.1) is 0 Å². The lowest BCUT2D eigenvalue weighted by Crippen LogP contribution is -2.23. The summed E-state index contributed by atoms with van der Waals surface area (Å²) in [6, 6.07) is 9.04. The van der Waals surface area contributed by atoms with Crippen LogP contribution in [-0.2, 0) is 5.41 Å². The first-order valence-corrected chi connectivity index (χ1v) is 7.15. The minimum absolute atomic E-state index is 0.142. The van der Waals surface area contributed by atoms with E-state index in [-0.39, 0.29) is 11.5 Å². The van der Waals surface area contributed by atoms with Crippen molar-refractivity contribution in [1.29, 1.82) is 0 Å². The van der Waals surface area contributed by atoms with Crippen molar-refractivity contribution in [2.75, 3.05) is 0 Å². The highest BCUT2D eigenvalue weighted by atomic mass is 14.6. The van der Waals surface area contributed by atoms with Crippen LogP contribution < -0.4 is 5.73 Å². The average molecular weight is 247 g/mol. The van der Waals surface area contributed by atoms with Gasteiger partial charge in [0.15, 0.2) is 0 Å². The molecule has 2 N–H and O–H groups in total. The Hall–Kier alpha value is -0.820. The summed E-state index contributed by atoms with van der Waals surface area (Å²) in [5.74, 6) is 1.13. The first kappa shape index (κ1) is 15.2. The quantitative estimate of drug-likeness (QED) is 0.804. The third-order valence-corrected chi connectivity index (χ3v) is 4.58. The fourth-order valence-corrected chi connectivity index (χ4v) is 2.08. The van der Waals surface area contributed by atoms with Crippen LogP contribution in [-0.4, -0.2) is 0 Å². The highest BCUT2D eigenvalue weighted by molar-refractivity contribution is 5.29. The molecular weight excluding hydrogens is 218 g/mol. The lowest BCUT2D eigenvalue weighted by molar-refractivity contribution is 0.352. The molecule has 2 atom stereocenters. The number of nitrogens with two attached hydrogens (primary N) is 1. The first-order valence-electron chi connectivity index (χ1n) is 7.15. The van der Waals surface area contributed by atoms with Gasteiger partial charge in [-0.2, -0.15) is 0 Å². The van der Waals surface area contributed by atoms with Gasteiger partial charge in [-0.1, -0.05) is 65.8 Å². The number of hydrogen-bond acceptors (Lipinski definition) is 1. The van der Waals surface area contributed by atoms with E-state index in [1.165, 1.54) is 11.1 Å². The molecule has 1 heteroatoms. The predicted octanol–water partition coefficient (Wildman–Crippen LogP) is 4.67. The number of rotatable bonds is 5. The predicted molar refractivity (Wildman–Crippen MR) is 80.7 cm³/mol. The standard InChI is InChI=1S/C17H29N/c1-7-17(5,6)15-10-8-14(9-11-15)16(18)13(4)12(2)3/h8-13,16H,7,18H2,1-6H3. The summed E-state index contributed by atoms with van der Waals surface area (Å²) in [4.78, 5) is 0. The Labute approximate surface area is 113 Å². The zero-order chi connectivity index (χ0) is 13.9. The van der Waals surface area contributed by atoms with Gasteiger partial charge in [0.2, 0.25) is 0 Å². The third kappa shape index (κ3) is 3.35. The van der Waals surface area contributed by atoms with Crippen LogP contribution in [0.3, 0.4) is 0 Å². The molecule has 0 heterocycles. The summed E-state index contributed by atoms with van der Waals surface area (Å²) in [7, 11) is 0. The van der Waals surface area contributed by atoms with Crippen molar-refractivity contribution in [2.24, 2.45) is 17.6 Å². The highest BCUT2D eigenvalue weighted by Crippen LogP contribution is 2.30. The van der Waals surface area contributed by atoms with E-state index in [0.29, 0.717) is 11.8 Å². The van der Waals surface area contributed by atoms with Crippen molar-refractivity contribution in [1.82, 2.24) is 0 Å². The van der Waals surface area contributed by atoms with Gasteiger partial charge in [-0.15, -0.1) is 0 Å². The van der Waals surface area contributed by atoms with Gasteiger partial charge in [0.25, 0.3) is 0 Å². The minimum atomic E-state index is 0.142. The summed E-state index contributed by atoms with van der Waals surface area (Å²) in [5.41, 5.74) is 9.24. The fraction of sp³-hybridized carbons (Fsp3) is 0.647. The van der Waals surface area contributed by atoms with Gasteiger partial charge >= 0.3 is 0 Å². The van der Waals surface area contributed by atoms with E-state index < -0.39 is 0 Å². The zero-order valence-corrected chi connectivity index (χ0v) is 12.8. The lowest BCUT2D eigenvalue weighted by atomic mass is 9.80. The van der Waals surface area contributed by atoms with Gasteiger partial charge in [-0.05, 0) is 34.8 Å². The fourth-order valence-electron chi connectivity index (χ4n) is 2.08. The van der Waals surface area contributed by atoms with Crippen molar-refractivity contribution in [2.45, 2.75) is 59.4 Å². The maximum absolute atomic E-state index is 6.33. The summed E-state index contributed by atoms with van der Waals surface area (Å²) >= 11 is 0.